The van der Waals surface area contributed by atoms with E-state index in [0.717, 1.165) is 55.7 Å². The van der Waals surface area contributed by atoms with Crippen molar-refractivity contribution in [3.05, 3.63) is 74.1 Å². The molecule has 1 fully saturated rings. The molecule has 0 aliphatic carbocycles. The summed E-state index contributed by atoms with van der Waals surface area (Å²) in [5.41, 5.74) is 4.23. The average Bonchev–Trinajstić information content (AvgIpc) is 3.43. The molecule has 3 aliphatic rings. The first kappa shape index (κ1) is 19.8. The fourth-order valence-electron chi connectivity index (χ4n) is 5.37. The van der Waals surface area contributed by atoms with E-state index in [-0.39, 0.29) is 17.2 Å². The van der Waals surface area contributed by atoms with Crippen LogP contribution in [0.4, 0.5) is 0 Å². The van der Waals surface area contributed by atoms with E-state index in [0.29, 0.717) is 25.8 Å². The normalized spacial score (nSPS) is 20.8. The zero-order valence-corrected chi connectivity index (χ0v) is 18.0. The lowest BCUT2D eigenvalue weighted by molar-refractivity contribution is 0.134. The predicted molar refractivity (Wildman–Crippen MR) is 121 cm³/mol. The first-order chi connectivity index (χ1) is 15.7. The van der Waals surface area contributed by atoms with Crippen molar-refractivity contribution in [1.29, 1.82) is 0 Å². The van der Waals surface area contributed by atoms with Crippen LogP contribution in [0.3, 0.4) is 0 Å². The molecular weight excluding hydrogens is 406 g/mol. The second kappa shape index (κ2) is 7.95. The van der Waals surface area contributed by atoms with Gasteiger partial charge >= 0.3 is 0 Å². The summed E-state index contributed by atoms with van der Waals surface area (Å²) in [4.78, 5) is 31.9. The van der Waals surface area contributed by atoms with Gasteiger partial charge in [-0.05, 0) is 49.7 Å². The van der Waals surface area contributed by atoms with Gasteiger partial charge in [0.05, 0.1) is 24.9 Å². The summed E-state index contributed by atoms with van der Waals surface area (Å²) in [5, 5.41) is 4.61. The Bertz CT molecular complexity index is 1280. The van der Waals surface area contributed by atoms with E-state index in [2.05, 4.69) is 21.3 Å². The van der Waals surface area contributed by atoms with Gasteiger partial charge in [0.2, 0.25) is 0 Å². The zero-order valence-electron chi connectivity index (χ0n) is 18.0. The Morgan fingerprint density at radius 3 is 2.66 bits per heavy atom. The molecule has 6 rings (SSSR count). The van der Waals surface area contributed by atoms with Gasteiger partial charge in [-0.3, -0.25) is 23.7 Å². The van der Waals surface area contributed by atoms with Crippen LogP contribution in [0.2, 0.25) is 0 Å². The Hall–Kier alpha value is -2.81. The molecule has 0 aromatic carbocycles. The summed E-state index contributed by atoms with van der Waals surface area (Å²) in [5.74, 6) is 0. The highest BCUT2D eigenvalue weighted by molar-refractivity contribution is 5.76. The maximum absolute atomic E-state index is 12.6. The molecule has 3 aromatic heterocycles. The number of hydrogen-bond acceptors (Lipinski definition) is 6. The molecule has 1 atom stereocenters. The molecule has 1 saturated heterocycles. The van der Waals surface area contributed by atoms with Crippen molar-refractivity contribution in [2.24, 2.45) is 0 Å². The molecule has 8 nitrogen and oxygen atoms in total. The Morgan fingerprint density at radius 1 is 1.03 bits per heavy atom. The Balaban J connectivity index is 1.07. The number of hydrogen-bond donors (Lipinski definition) is 1. The monoisotopic (exact) mass is 433 g/mol. The molecule has 0 spiro atoms. The Labute approximate surface area is 185 Å². The first-order valence-corrected chi connectivity index (χ1v) is 11.4. The van der Waals surface area contributed by atoms with E-state index in [9.17, 15) is 9.59 Å². The highest BCUT2D eigenvalue weighted by Crippen LogP contribution is 2.25. The lowest BCUT2D eigenvalue weighted by atomic mass is 10.0. The molecule has 8 heteroatoms. The van der Waals surface area contributed by atoms with Crippen LogP contribution < -0.4 is 16.4 Å². The summed E-state index contributed by atoms with van der Waals surface area (Å²) < 4.78 is 9.06. The minimum absolute atomic E-state index is 0.00337. The molecule has 0 radical (unpaired) electrons. The number of fused-ring (bicyclic) bond motifs is 1. The van der Waals surface area contributed by atoms with Crippen molar-refractivity contribution in [2.45, 2.75) is 51.2 Å². The topological polar surface area (TPSA) is 81.4 Å². The minimum Gasteiger partial charge on any atom is -0.372 e. The van der Waals surface area contributed by atoms with Gasteiger partial charge in [0.1, 0.15) is 5.65 Å². The lowest BCUT2D eigenvalue weighted by Gasteiger charge is -2.34. The first-order valence-electron chi connectivity index (χ1n) is 11.4. The summed E-state index contributed by atoms with van der Waals surface area (Å²) in [6, 6.07) is 9.46. The second-order valence-electron chi connectivity index (χ2n) is 9.15. The number of nitrogens with one attached hydrogen (secondary N) is 1. The van der Waals surface area contributed by atoms with Crippen LogP contribution in [0.15, 0.2) is 46.1 Å². The van der Waals surface area contributed by atoms with Gasteiger partial charge in [-0.15, -0.1) is 0 Å². The van der Waals surface area contributed by atoms with E-state index in [1.54, 1.807) is 16.7 Å². The highest BCUT2D eigenvalue weighted by Gasteiger charge is 2.29. The molecular formula is C24H27N5O3. The van der Waals surface area contributed by atoms with Gasteiger partial charge in [-0.1, -0.05) is 0 Å². The summed E-state index contributed by atoms with van der Waals surface area (Å²) in [6.07, 6.45) is 4.06. The fraction of sp³-hybridized carbons (Fsp3) is 0.458. The summed E-state index contributed by atoms with van der Waals surface area (Å²) in [7, 11) is 0. The number of piperidine rings is 1. The van der Waals surface area contributed by atoms with Crippen LogP contribution in [0, 0.1) is 0 Å². The number of nitrogens with zero attached hydrogens (tertiary/aromatic N) is 4. The molecule has 3 aliphatic heterocycles. The quantitative estimate of drug-likeness (QED) is 0.655. The number of rotatable bonds is 5. The maximum atomic E-state index is 12.6. The third kappa shape index (κ3) is 3.48. The number of ether oxygens (including phenoxy) is 1. The Kier molecular flexibility index (Phi) is 4.93. The maximum Gasteiger partial charge on any atom is 0.252 e. The Morgan fingerprint density at radius 2 is 1.81 bits per heavy atom. The van der Waals surface area contributed by atoms with Gasteiger partial charge in [0.25, 0.3) is 11.1 Å². The number of likely N-dealkylation sites (tertiary alicyclic amines) is 1. The van der Waals surface area contributed by atoms with E-state index < -0.39 is 0 Å². The number of aromatic nitrogens is 3. The molecule has 0 bridgehead atoms. The molecule has 0 saturated carbocycles. The van der Waals surface area contributed by atoms with E-state index in [4.69, 9.17) is 4.74 Å². The van der Waals surface area contributed by atoms with Crippen LogP contribution in [0.25, 0.3) is 11.0 Å². The van der Waals surface area contributed by atoms with E-state index >= 15 is 0 Å². The SMILES string of the molecule is O=c1ccc2ccc(=O)n3c2n1CC3CN1CCC(NCc2cc3c(cn2)COC3)CC1. The number of pyridine rings is 3. The van der Waals surface area contributed by atoms with Crippen LogP contribution in [-0.4, -0.2) is 44.7 Å². The third-order valence-corrected chi connectivity index (χ3v) is 7.10. The van der Waals surface area contributed by atoms with Crippen molar-refractivity contribution >= 4 is 11.0 Å². The molecule has 1 N–H and O–H groups in total. The highest BCUT2D eigenvalue weighted by atomic mass is 16.5. The molecule has 1 unspecified atom stereocenters. The van der Waals surface area contributed by atoms with Crippen LogP contribution in [0.5, 0.6) is 0 Å². The van der Waals surface area contributed by atoms with E-state index in [1.807, 2.05) is 22.9 Å². The molecule has 166 valence electrons. The largest absolute Gasteiger partial charge is 0.372 e. The fourth-order valence-corrected chi connectivity index (χ4v) is 5.37. The summed E-state index contributed by atoms with van der Waals surface area (Å²) >= 11 is 0. The lowest BCUT2D eigenvalue weighted by Crippen LogP contribution is -2.44. The van der Waals surface area contributed by atoms with Gasteiger partial charge in [0, 0.05) is 55.0 Å². The average molecular weight is 434 g/mol. The molecule has 3 aromatic rings. The molecule has 0 amide bonds. The van der Waals surface area contributed by atoms with Crippen molar-refractivity contribution in [3.63, 3.8) is 0 Å². The van der Waals surface area contributed by atoms with E-state index in [1.165, 1.54) is 11.1 Å². The van der Waals surface area contributed by atoms with Gasteiger partial charge < -0.3 is 15.0 Å². The van der Waals surface area contributed by atoms with Gasteiger partial charge in [0.15, 0.2) is 0 Å². The van der Waals surface area contributed by atoms with Crippen LogP contribution in [0.1, 0.15) is 35.7 Å². The standard InChI is InChI=1S/C24H27N5O3/c30-22-3-1-16-2-4-23(31)29-21(13-28(22)24(16)29)12-27-7-5-19(6-8-27)26-11-20-9-17-14-32-15-18(17)10-25-20/h1-4,9-10,19,21,26H,5-8,11-15H2. The van der Waals surface area contributed by atoms with Gasteiger partial charge in [-0.25, -0.2) is 0 Å². The third-order valence-electron chi connectivity index (χ3n) is 7.10. The minimum atomic E-state index is -0.0333. The van der Waals surface area contributed by atoms with Crippen molar-refractivity contribution in [3.8, 4) is 0 Å². The molecule has 32 heavy (non-hydrogen) atoms. The predicted octanol–water partition coefficient (Wildman–Crippen LogP) is 1.40. The van der Waals surface area contributed by atoms with Crippen LogP contribution >= 0.6 is 0 Å². The summed E-state index contributed by atoms with van der Waals surface area (Å²) in [6.45, 7) is 5.47. The smallest absolute Gasteiger partial charge is 0.252 e. The van der Waals surface area contributed by atoms with Gasteiger partial charge in [-0.2, -0.15) is 0 Å². The van der Waals surface area contributed by atoms with Crippen molar-refractivity contribution in [2.75, 3.05) is 19.6 Å². The second-order valence-corrected chi connectivity index (χ2v) is 9.15. The van der Waals surface area contributed by atoms with Crippen molar-refractivity contribution in [1.82, 2.24) is 24.3 Å². The zero-order chi connectivity index (χ0) is 21.7. The van der Waals surface area contributed by atoms with Crippen molar-refractivity contribution < 1.29 is 4.74 Å². The van der Waals surface area contributed by atoms with Crippen LogP contribution in [-0.2, 0) is 31.0 Å². The molecule has 6 heterocycles.